The molecule has 5 aromatic heterocycles. The van der Waals surface area contributed by atoms with Gasteiger partial charge in [0.15, 0.2) is 12.0 Å². The summed E-state index contributed by atoms with van der Waals surface area (Å²) >= 11 is 0. The average molecular weight is 632 g/mol. The molecule has 5 heterocycles. The van der Waals surface area contributed by atoms with Gasteiger partial charge in [0.2, 0.25) is 0 Å². The molecule has 0 fully saturated rings. The van der Waals surface area contributed by atoms with E-state index in [4.69, 9.17) is 9.52 Å². The molecule has 0 unspecified atom stereocenters. The SMILES string of the molecule is [Ir].[c-]1nn(-c2cccc3c2c2ccccc2n3-c2ccccc2)c2c3ncoc3c3ccnn3c12. The van der Waals surface area contributed by atoms with Crippen molar-refractivity contribution in [2.75, 3.05) is 0 Å². The second-order valence-corrected chi connectivity index (χ2v) is 8.24. The van der Waals surface area contributed by atoms with Crippen LogP contribution in [0.2, 0.25) is 0 Å². The summed E-state index contributed by atoms with van der Waals surface area (Å²) in [6.07, 6.45) is 6.39. The summed E-state index contributed by atoms with van der Waals surface area (Å²) in [5.74, 6) is 0. The van der Waals surface area contributed by atoms with E-state index >= 15 is 0 Å². The van der Waals surface area contributed by atoms with Crippen molar-refractivity contribution in [3.8, 4) is 11.4 Å². The van der Waals surface area contributed by atoms with Crippen LogP contribution in [0.3, 0.4) is 0 Å². The first-order chi connectivity index (χ1) is 16.9. The zero-order valence-corrected chi connectivity index (χ0v) is 20.5. The summed E-state index contributed by atoms with van der Waals surface area (Å²) < 4.78 is 11.8. The van der Waals surface area contributed by atoms with Crippen LogP contribution in [0.1, 0.15) is 0 Å². The summed E-state index contributed by atoms with van der Waals surface area (Å²) in [6.45, 7) is 0. The van der Waals surface area contributed by atoms with Crippen LogP contribution >= 0.6 is 0 Å². The Bertz CT molecular complexity index is 2000. The molecule has 0 N–H and O–H groups in total. The third-order valence-corrected chi connectivity index (χ3v) is 6.49. The van der Waals surface area contributed by atoms with E-state index in [-0.39, 0.29) is 20.1 Å². The number of para-hydroxylation sites is 2. The van der Waals surface area contributed by atoms with Crippen LogP contribution in [0.25, 0.3) is 60.8 Å². The van der Waals surface area contributed by atoms with Gasteiger partial charge in [-0.1, -0.05) is 54.2 Å². The molecule has 8 rings (SSSR count). The summed E-state index contributed by atoms with van der Waals surface area (Å²) in [6, 6.07) is 27.1. The second kappa shape index (κ2) is 7.37. The molecule has 0 saturated carbocycles. The van der Waals surface area contributed by atoms with Crippen LogP contribution < -0.4 is 0 Å². The van der Waals surface area contributed by atoms with Crippen molar-refractivity contribution >= 4 is 49.5 Å². The van der Waals surface area contributed by atoms with E-state index in [0.717, 1.165) is 55.2 Å². The number of benzene rings is 3. The zero-order chi connectivity index (χ0) is 22.2. The third kappa shape index (κ3) is 2.60. The number of oxazole rings is 1. The number of fused-ring (bicyclic) bond motifs is 9. The van der Waals surface area contributed by atoms with Gasteiger partial charge in [-0.3, -0.25) is 9.61 Å². The second-order valence-electron chi connectivity index (χ2n) is 8.24. The number of hydrogen-bond acceptors (Lipinski definition) is 4. The maximum atomic E-state index is 5.75. The molecule has 3 aromatic carbocycles. The van der Waals surface area contributed by atoms with Crippen LogP contribution in [0.4, 0.5) is 0 Å². The smallest absolute Gasteiger partial charge is 0.180 e. The van der Waals surface area contributed by atoms with E-state index in [1.54, 1.807) is 10.7 Å². The molecule has 0 aliphatic heterocycles. The van der Waals surface area contributed by atoms with Gasteiger partial charge >= 0.3 is 0 Å². The van der Waals surface area contributed by atoms with Crippen molar-refractivity contribution in [1.29, 1.82) is 0 Å². The Balaban J connectivity index is 0.00000210. The topological polar surface area (TPSA) is 66.1 Å². The van der Waals surface area contributed by atoms with Gasteiger partial charge in [0, 0.05) is 36.6 Å². The molecule has 8 heteroatoms. The van der Waals surface area contributed by atoms with Crippen LogP contribution in [-0.4, -0.2) is 28.9 Å². The zero-order valence-electron chi connectivity index (χ0n) is 18.1. The van der Waals surface area contributed by atoms with E-state index < -0.39 is 0 Å². The molecular formula is C27H15IrN6O-. The van der Waals surface area contributed by atoms with Crippen molar-refractivity contribution in [1.82, 2.24) is 28.9 Å². The van der Waals surface area contributed by atoms with Gasteiger partial charge in [0.05, 0.1) is 28.4 Å². The average Bonchev–Trinajstić information content (AvgIpc) is 3.67. The first-order valence-corrected chi connectivity index (χ1v) is 11.0. The predicted molar refractivity (Wildman–Crippen MR) is 131 cm³/mol. The molecule has 35 heavy (non-hydrogen) atoms. The largest absolute Gasteiger partial charge is 0.443 e. The first-order valence-electron chi connectivity index (χ1n) is 11.0. The Kier molecular flexibility index (Phi) is 4.24. The minimum absolute atomic E-state index is 0. The van der Waals surface area contributed by atoms with E-state index in [1.165, 1.54) is 6.39 Å². The van der Waals surface area contributed by atoms with E-state index in [9.17, 15) is 0 Å². The van der Waals surface area contributed by atoms with E-state index in [2.05, 4.69) is 87.6 Å². The maximum absolute atomic E-state index is 5.75. The minimum Gasteiger partial charge on any atom is -0.443 e. The number of aromatic nitrogens is 6. The minimum atomic E-state index is 0. The summed E-state index contributed by atoms with van der Waals surface area (Å²) in [7, 11) is 0. The van der Waals surface area contributed by atoms with Crippen molar-refractivity contribution in [3.63, 3.8) is 0 Å². The van der Waals surface area contributed by atoms with Crippen LogP contribution in [0.15, 0.2) is 95.9 Å². The van der Waals surface area contributed by atoms with Gasteiger partial charge in [0.1, 0.15) is 5.52 Å². The fourth-order valence-electron chi connectivity index (χ4n) is 5.12. The van der Waals surface area contributed by atoms with Crippen LogP contribution in [-0.2, 0) is 20.1 Å². The van der Waals surface area contributed by atoms with E-state index in [0.29, 0.717) is 5.58 Å². The van der Waals surface area contributed by atoms with Crippen molar-refractivity contribution in [2.24, 2.45) is 0 Å². The van der Waals surface area contributed by atoms with Crippen molar-refractivity contribution < 1.29 is 24.5 Å². The predicted octanol–water partition coefficient (Wildman–Crippen LogP) is 5.71. The fraction of sp³-hybridized carbons (Fsp3) is 0. The van der Waals surface area contributed by atoms with Gasteiger partial charge in [-0.2, -0.15) is 5.10 Å². The molecule has 8 aromatic rings. The molecule has 1 radical (unpaired) electrons. The third-order valence-electron chi connectivity index (χ3n) is 6.49. The molecule has 0 aliphatic rings. The summed E-state index contributed by atoms with van der Waals surface area (Å²) in [5, 5.41) is 11.4. The monoisotopic (exact) mass is 632 g/mol. The van der Waals surface area contributed by atoms with Crippen molar-refractivity contribution in [2.45, 2.75) is 0 Å². The van der Waals surface area contributed by atoms with Gasteiger partial charge in [0.25, 0.3) is 0 Å². The molecule has 169 valence electrons. The van der Waals surface area contributed by atoms with Gasteiger partial charge in [-0.15, -0.1) is 0 Å². The molecule has 0 aliphatic carbocycles. The Morgan fingerprint density at radius 3 is 2.54 bits per heavy atom. The van der Waals surface area contributed by atoms with Crippen LogP contribution in [0, 0.1) is 6.20 Å². The number of rotatable bonds is 2. The molecule has 7 nitrogen and oxygen atoms in total. The molecule has 0 saturated heterocycles. The molecular weight excluding hydrogens is 617 g/mol. The normalized spacial score (nSPS) is 11.8. The standard InChI is InChI=1S/C27H15N6O.Ir/c1-2-7-17(8-3-1)31-19-10-5-4-9-18(19)24-20(31)11-6-12-21(24)33-26-23(15-30-33)32-22(13-14-29-32)27-25(26)28-16-34-27;/h1-14,16H;/q-1;. The van der Waals surface area contributed by atoms with Gasteiger partial charge in [-0.25, -0.2) is 4.98 Å². The number of nitrogens with zero attached hydrogens (tertiary/aromatic N) is 6. The number of hydrogen-bond donors (Lipinski definition) is 0. The van der Waals surface area contributed by atoms with Gasteiger partial charge < -0.3 is 13.7 Å². The van der Waals surface area contributed by atoms with Gasteiger partial charge in [-0.05, 0) is 41.9 Å². The fourth-order valence-corrected chi connectivity index (χ4v) is 5.12. The Morgan fingerprint density at radius 1 is 0.800 bits per heavy atom. The Morgan fingerprint density at radius 2 is 1.63 bits per heavy atom. The Labute approximate surface area is 211 Å². The quantitative estimate of drug-likeness (QED) is 0.230. The summed E-state index contributed by atoms with van der Waals surface area (Å²) in [5.41, 5.74) is 8.12. The van der Waals surface area contributed by atoms with Crippen LogP contribution in [0.5, 0.6) is 0 Å². The van der Waals surface area contributed by atoms with E-state index in [1.807, 2.05) is 16.8 Å². The molecule has 0 bridgehead atoms. The molecule has 0 spiro atoms. The first kappa shape index (κ1) is 20.1. The summed E-state index contributed by atoms with van der Waals surface area (Å²) in [4.78, 5) is 4.54. The Hall–Kier alpha value is -4.26. The van der Waals surface area contributed by atoms with Crippen molar-refractivity contribution in [3.05, 3.63) is 97.7 Å². The molecule has 0 amide bonds. The molecule has 0 atom stereocenters. The maximum Gasteiger partial charge on any atom is 0.180 e. The number of pyridine rings is 1.